The van der Waals surface area contributed by atoms with Gasteiger partial charge in [-0.15, -0.1) is 0 Å². The normalized spacial score (nSPS) is 17.0. The third-order valence-electron chi connectivity index (χ3n) is 4.92. The fraction of sp³-hybridized carbons (Fsp3) is 0.889. The van der Waals surface area contributed by atoms with Crippen molar-refractivity contribution < 1.29 is 9.53 Å². The van der Waals surface area contributed by atoms with Gasteiger partial charge in [0.15, 0.2) is 5.96 Å². The van der Waals surface area contributed by atoms with Crippen molar-refractivity contribution in [3.05, 3.63) is 0 Å². The zero-order chi connectivity index (χ0) is 18.7. The van der Waals surface area contributed by atoms with Gasteiger partial charge in [-0.05, 0) is 32.9 Å². The van der Waals surface area contributed by atoms with E-state index in [0.29, 0.717) is 6.54 Å². The molecule has 0 bridgehead atoms. The first-order valence-corrected chi connectivity index (χ1v) is 9.29. The summed E-state index contributed by atoms with van der Waals surface area (Å²) in [6.45, 7) is 4.22. The minimum Gasteiger partial charge on any atom is -0.383 e. The topological polar surface area (TPSA) is 69.2 Å². The summed E-state index contributed by atoms with van der Waals surface area (Å²) < 4.78 is 5.08. The van der Waals surface area contributed by atoms with Crippen LogP contribution in [0.4, 0.5) is 0 Å². The average molecular weight is 356 g/mol. The Morgan fingerprint density at radius 1 is 1.16 bits per heavy atom. The molecule has 2 N–H and O–H groups in total. The van der Waals surface area contributed by atoms with E-state index in [-0.39, 0.29) is 11.3 Å². The number of carbonyl (C=O) groups excluding carboxylic acids is 1. The van der Waals surface area contributed by atoms with Gasteiger partial charge >= 0.3 is 0 Å². The van der Waals surface area contributed by atoms with Crippen molar-refractivity contribution in [1.82, 2.24) is 20.4 Å². The number of methoxy groups -OCH3 is 1. The molecule has 146 valence electrons. The first-order chi connectivity index (χ1) is 11.9. The third-order valence-corrected chi connectivity index (χ3v) is 4.92. The van der Waals surface area contributed by atoms with Crippen molar-refractivity contribution in [2.75, 3.05) is 68.1 Å². The minimum absolute atomic E-state index is 0.229. The maximum atomic E-state index is 12.6. The highest BCUT2D eigenvalue weighted by molar-refractivity contribution is 5.85. The van der Waals surface area contributed by atoms with E-state index in [0.717, 1.165) is 64.3 Å². The Bertz CT molecular complexity index is 420. The Balaban J connectivity index is 2.37. The number of likely N-dealkylation sites (N-methyl/N-ethyl adjacent to an activating group) is 1. The maximum absolute atomic E-state index is 12.6. The molecule has 1 rings (SSSR count). The SMILES string of the molecule is CN=C(NCCCN(C)CCOC)NCC1(C(=O)N(C)C)CCCC1. The number of amides is 1. The van der Waals surface area contributed by atoms with E-state index in [1.54, 1.807) is 19.1 Å². The number of carbonyl (C=O) groups is 1. The highest BCUT2D eigenvalue weighted by Gasteiger charge is 2.42. The molecule has 7 nitrogen and oxygen atoms in total. The largest absolute Gasteiger partial charge is 0.383 e. The number of hydrogen-bond acceptors (Lipinski definition) is 4. The van der Waals surface area contributed by atoms with Crippen LogP contribution in [0.2, 0.25) is 0 Å². The second-order valence-corrected chi connectivity index (χ2v) is 7.19. The van der Waals surface area contributed by atoms with Crippen molar-refractivity contribution in [2.24, 2.45) is 10.4 Å². The highest BCUT2D eigenvalue weighted by Crippen LogP contribution is 2.38. The van der Waals surface area contributed by atoms with Gasteiger partial charge in [-0.2, -0.15) is 0 Å². The van der Waals surface area contributed by atoms with Gasteiger partial charge in [0.05, 0.1) is 12.0 Å². The van der Waals surface area contributed by atoms with Crippen LogP contribution in [0.25, 0.3) is 0 Å². The summed E-state index contributed by atoms with van der Waals surface area (Å²) in [5, 5.41) is 6.71. The molecule has 0 aromatic rings. The zero-order valence-electron chi connectivity index (χ0n) is 16.7. The maximum Gasteiger partial charge on any atom is 0.230 e. The monoisotopic (exact) mass is 355 g/mol. The molecule has 0 spiro atoms. The van der Waals surface area contributed by atoms with Crippen LogP contribution in [0.1, 0.15) is 32.1 Å². The molecule has 0 unspecified atom stereocenters. The first kappa shape index (κ1) is 21.7. The molecule has 1 fully saturated rings. The molecule has 1 saturated carbocycles. The molecule has 7 heteroatoms. The molecule has 0 heterocycles. The number of ether oxygens (including phenoxy) is 1. The molecule has 1 aliphatic rings. The fourth-order valence-electron chi connectivity index (χ4n) is 3.38. The van der Waals surface area contributed by atoms with Crippen LogP contribution in [0, 0.1) is 5.41 Å². The molecule has 0 atom stereocenters. The van der Waals surface area contributed by atoms with Crippen molar-refractivity contribution >= 4 is 11.9 Å². The molecule has 1 aliphatic carbocycles. The van der Waals surface area contributed by atoms with Crippen LogP contribution < -0.4 is 10.6 Å². The van der Waals surface area contributed by atoms with Gasteiger partial charge in [0.25, 0.3) is 0 Å². The quantitative estimate of drug-likeness (QED) is 0.344. The van der Waals surface area contributed by atoms with Crippen LogP contribution in [-0.4, -0.2) is 89.8 Å². The number of rotatable bonds is 10. The van der Waals surface area contributed by atoms with E-state index in [2.05, 4.69) is 27.6 Å². The number of nitrogens with zero attached hydrogens (tertiary/aromatic N) is 3. The predicted octanol–water partition coefficient (Wildman–Crippen LogP) is 0.768. The average Bonchev–Trinajstić information content (AvgIpc) is 3.08. The molecule has 1 amide bonds. The van der Waals surface area contributed by atoms with Crippen LogP contribution >= 0.6 is 0 Å². The second kappa shape index (κ2) is 11.3. The molecule has 25 heavy (non-hydrogen) atoms. The molecule has 0 aromatic heterocycles. The van der Waals surface area contributed by atoms with Gasteiger partial charge in [0.2, 0.25) is 5.91 Å². The lowest BCUT2D eigenvalue weighted by Gasteiger charge is -2.31. The van der Waals surface area contributed by atoms with E-state index in [1.165, 1.54) is 0 Å². The second-order valence-electron chi connectivity index (χ2n) is 7.19. The molecule has 0 saturated heterocycles. The Morgan fingerprint density at radius 3 is 2.40 bits per heavy atom. The summed E-state index contributed by atoms with van der Waals surface area (Å²) in [5.74, 6) is 1.00. The first-order valence-electron chi connectivity index (χ1n) is 9.29. The van der Waals surface area contributed by atoms with Gasteiger partial charge < -0.3 is 25.2 Å². The number of hydrogen-bond donors (Lipinski definition) is 2. The summed E-state index contributed by atoms with van der Waals surface area (Å²) in [5.41, 5.74) is -0.276. The van der Waals surface area contributed by atoms with Crippen LogP contribution in [0.3, 0.4) is 0 Å². The van der Waals surface area contributed by atoms with Gasteiger partial charge in [0.1, 0.15) is 0 Å². The summed E-state index contributed by atoms with van der Waals surface area (Å²) >= 11 is 0. The molecule has 0 radical (unpaired) electrons. The van der Waals surface area contributed by atoms with Crippen molar-refractivity contribution in [3.8, 4) is 0 Å². The van der Waals surface area contributed by atoms with Crippen molar-refractivity contribution in [1.29, 1.82) is 0 Å². The summed E-state index contributed by atoms with van der Waals surface area (Å²) in [6.07, 6.45) is 5.20. The van der Waals surface area contributed by atoms with Gasteiger partial charge in [-0.1, -0.05) is 12.8 Å². The van der Waals surface area contributed by atoms with Crippen molar-refractivity contribution in [2.45, 2.75) is 32.1 Å². The van der Waals surface area contributed by atoms with Gasteiger partial charge in [-0.3, -0.25) is 9.79 Å². The van der Waals surface area contributed by atoms with Gasteiger partial charge in [0, 0.05) is 47.9 Å². The van der Waals surface area contributed by atoms with Crippen LogP contribution in [-0.2, 0) is 9.53 Å². The summed E-state index contributed by atoms with van der Waals surface area (Å²) in [4.78, 5) is 20.9. The number of aliphatic imine (C=N–C) groups is 1. The van der Waals surface area contributed by atoms with E-state index in [1.807, 2.05) is 14.1 Å². The Hall–Kier alpha value is -1.34. The van der Waals surface area contributed by atoms with Crippen molar-refractivity contribution in [3.63, 3.8) is 0 Å². The lowest BCUT2D eigenvalue weighted by atomic mass is 9.84. The summed E-state index contributed by atoms with van der Waals surface area (Å²) in [7, 11) is 9.28. The Labute approximate surface area is 153 Å². The molecular formula is C18H37N5O2. The molecule has 0 aromatic carbocycles. The number of nitrogens with one attached hydrogen (secondary N) is 2. The minimum atomic E-state index is -0.276. The van der Waals surface area contributed by atoms with Gasteiger partial charge in [-0.25, -0.2) is 0 Å². The fourth-order valence-corrected chi connectivity index (χ4v) is 3.38. The lowest BCUT2D eigenvalue weighted by molar-refractivity contribution is -0.138. The standard InChI is InChI=1S/C18H37N5O2/c1-19-17(20-11-8-12-23(4)13-14-25-5)21-15-18(9-6-7-10-18)16(24)22(2)3/h6-15H2,1-5H3,(H2,19,20,21). The van der Waals surface area contributed by atoms with Crippen LogP contribution in [0.5, 0.6) is 0 Å². The smallest absolute Gasteiger partial charge is 0.230 e. The molecule has 0 aliphatic heterocycles. The van der Waals surface area contributed by atoms with E-state index < -0.39 is 0 Å². The van der Waals surface area contributed by atoms with E-state index >= 15 is 0 Å². The number of guanidine groups is 1. The van der Waals surface area contributed by atoms with E-state index in [9.17, 15) is 4.79 Å². The Morgan fingerprint density at radius 2 is 1.84 bits per heavy atom. The Kier molecular flexibility index (Phi) is 9.82. The zero-order valence-corrected chi connectivity index (χ0v) is 16.7. The van der Waals surface area contributed by atoms with E-state index in [4.69, 9.17) is 4.74 Å². The third kappa shape index (κ3) is 7.20. The van der Waals surface area contributed by atoms with Crippen LogP contribution in [0.15, 0.2) is 4.99 Å². The highest BCUT2D eigenvalue weighted by atomic mass is 16.5. The predicted molar refractivity (Wildman–Crippen MR) is 103 cm³/mol. The summed E-state index contributed by atoms with van der Waals surface area (Å²) in [6, 6.07) is 0. The lowest BCUT2D eigenvalue weighted by Crippen LogP contribution is -2.49. The molecular weight excluding hydrogens is 318 g/mol.